The molecule has 0 rings (SSSR count). The lowest BCUT2D eigenvalue weighted by Crippen LogP contribution is -2.58. The van der Waals surface area contributed by atoms with Crippen molar-refractivity contribution in [2.24, 2.45) is 0 Å². The Kier molecular flexibility index (Phi) is 23.1. The Morgan fingerprint density at radius 2 is 0.760 bits per heavy atom. The quantitative estimate of drug-likeness (QED) is 0.0571. The Morgan fingerprint density at radius 3 is 1.06 bits per heavy atom. The number of ether oxygens (including phenoxy) is 6. The molecule has 0 aromatic carbocycles. The molecular weight excluding hydrogens is 650 g/mol. The normalized spacial score (nSPS) is 12.3. The molecule has 0 aliphatic heterocycles. The summed E-state index contributed by atoms with van der Waals surface area (Å²) in [4.78, 5) is 60.7. The molecule has 13 nitrogen and oxygen atoms in total. The van der Waals surface area contributed by atoms with Gasteiger partial charge in [0.25, 0.3) is 0 Å². The minimum absolute atomic E-state index is 0.000141. The van der Waals surface area contributed by atoms with Crippen molar-refractivity contribution in [1.29, 1.82) is 0 Å². The highest BCUT2D eigenvalue weighted by molar-refractivity contribution is 5.77. The summed E-state index contributed by atoms with van der Waals surface area (Å²) >= 11 is 0. The number of carbonyl (C=O) groups excluding carboxylic acids is 4. The monoisotopic (exact) mass is 717 g/mol. The Labute approximate surface area is 300 Å². The van der Waals surface area contributed by atoms with Crippen molar-refractivity contribution in [2.45, 2.75) is 168 Å². The Hall–Kier alpha value is -2.77. The van der Waals surface area contributed by atoms with E-state index >= 15 is 0 Å². The maximum Gasteiger partial charge on any atom is 0.308 e. The number of amides is 1. The molecule has 0 radical (unpaired) electrons. The minimum atomic E-state index is -1.19. The molecule has 0 saturated heterocycles. The zero-order valence-electron chi connectivity index (χ0n) is 32.4. The average molecular weight is 718 g/mol. The van der Waals surface area contributed by atoms with Gasteiger partial charge < -0.3 is 38.8 Å². The smallest absolute Gasteiger partial charge is 0.308 e. The lowest BCUT2D eigenvalue weighted by molar-refractivity contribution is -0.157. The van der Waals surface area contributed by atoms with Crippen LogP contribution in [0.25, 0.3) is 0 Å². The molecule has 0 heterocycles. The zero-order valence-corrected chi connectivity index (χ0v) is 32.4. The van der Waals surface area contributed by atoms with Gasteiger partial charge in [0.2, 0.25) is 5.91 Å². The third-order valence-electron chi connectivity index (χ3n) is 6.70. The second-order valence-corrected chi connectivity index (χ2v) is 15.7. The summed E-state index contributed by atoms with van der Waals surface area (Å²) in [7, 11) is 0. The van der Waals surface area contributed by atoms with Crippen molar-refractivity contribution in [2.75, 3.05) is 39.6 Å². The number of esters is 3. The molecule has 50 heavy (non-hydrogen) atoms. The van der Waals surface area contributed by atoms with Crippen LogP contribution in [0, 0.1) is 0 Å². The van der Waals surface area contributed by atoms with E-state index in [9.17, 15) is 24.0 Å². The lowest BCUT2D eigenvalue weighted by Gasteiger charge is -2.34. The van der Waals surface area contributed by atoms with Crippen molar-refractivity contribution in [3.63, 3.8) is 0 Å². The molecule has 1 amide bonds. The summed E-state index contributed by atoms with van der Waals surface area (Å²) in [5.41, 5.74) is -3.11. The number of rotatable bonds is 27. The number of nitrogens with one attached hydrogen (secondary N) is 1. The van der Waals surface area contributed by atoms with Crippen LogP contribution in [-0.4, -0.2) is 96.9 Å². The third-order valence-corrected chi connectivity index (χ3v) is 6.70. The summed E-state index contributed by atoms with van der Waals surface area (Å²) in [6.45, 7) is 15.9. The van der Waals surface area contributed by atoms with Crippen LogP contribution in [0.15, 0.2) is 0 Å². The van der Waals surface area contributed by atoms with Crippen LogP contribution in [-0.2, 0) is 52.4 Å². The van der Waals surface area contributed by atoms with Crippen LogP contribution < -0.4 is 5.32 Å². The van der Waals surface area contributed by atoms with Gasteiger partial charge in [0, 0.05) is 12.8 Å². The fourth-order valence-electron chi connectivity index (χ4n) is 4.66. The number of carbonyl (C=O) groups is 5. The van der Waals surface area contributed by atoms with Crippen molar-refractivity contribution in [3.8, 4) is 0 Å². The van der Waals surface area contributed by atoms with E-state index in [1.54, 1.807) is 62.3 Å². The number of carboxylic acid groups (broad SMARTS) is 1. The second kappa shape index (κ2) is 24.4. The molecule has 0 aliphatic rings. The largest absolute Gasteiger partial charge is 0.481 e. The number of aliphatic carboxylic acids is 1. The molecule has 292 valence electrons. The molecule has 2 N–H and O–H groups in total. The minimum Gasteiger partial charge on any atom is -0.481 e. The van der Waals surface area contributed by atoms with Gasteiger partial charge >= 0.3 is 23.9 Å². The number of hydrogen-bond donors (Lipinski definition) is 2. The van der Waals surface area contributed by atoms with E-state index < -0.39 is 46.2 Å². The van der Waals surface area contributed by atoms with Gasteiger partial charge in [-0.05, 0) is 75.2 Å². The van der Waals surface area contributed by atoms with E-state index in [4.69, 9.17) is 33.5 Å². The van der Waals surface area contributed by atoms with Crippen molar-refractivity contribution in [1.82, 2.24) is 5.32 Å². The maximum absolute atomic E-state index is 13.3. The second-order valence-electron chi connectivity index (χ2n) is 15.7. The Morgan fingerprint density at radius 1 is 0.460 bits per heavy atom. The van der Waals surface area contributed by atoms with Crippen LogP contribution >= 0.6 is 0 Å². The first-order valence-corrected chi connectivity index (χ1v) is 18.0. The maximum atomic E-state index is 13.3. The van der Waals surface area contributed by atoms with E-state index in [0.717, 1.165) is 38.5 Å². The highest BCUT2D eigenvalue weighted by Crippen LogP contribution is 2.16. The van der Waals surface area contributed by atoms with Crippen molar-refractivity contribution < 1.29 is 57.5 Å². The predicted octanol–water partition coefficient (Wildman–Crippen LogP) is 6.07. The van der Waals surface area contributed by atoms with Crippen LogP contribution in [0.1, 0.15) is 146 Å². The molecule has 0 aliphatic carbocycles. The van der Waals surface area contributed by atoms with Gasteiger partial charge in [-0.25, -0.2) is 0 Å². The van der Waals surface area contributed by atoms with E-state index in [1.807, 2.05) is 0 Å². The Balaban J connectivity index is 5.45. The molecular formula is C37H67NO12. The molecule has 0 atom stereocenters. The van der Waals surface area contributed by atoms with E-state index in [1.165, 1.54) is 0 Å². The fraction of sp³-hybridized carbons (Fsp3) is 0.865. The molecule has 0 bridgehead atoms. The zero-order chi connectivity index (χ0) is 38.3. The first-order chi connectivity index (χ1) is 23.1. The van der Waals surface area contributed by atoms with E-state index in [2.05, 4.69) is 5.32 Å². The van der Waals surface area contributed by atoms with Crippen molar-refractivity contribution in [3.05, 3.63) is 0 Å². The third kappa shape index (κ3) is 30.1. The standard InChI is InChI=1S/C37H67NO12/c1-34(2,3)48-31(42)20-23-45-26-37(27-46-24-21-32(43)49-35(4,5)6,28-47-25-22-33(44)50-36(7,8)9)38-29(39)18-16-14-12-10-11-13-15-17-19-30(40)41/h10-28H2,1-9H3,(H,38,39)(H,40,41). The van der Waals surface area contributed by atoms with Gasteiger partial charge in [0.05, 0.1) is 58.9 Å². The SMILES string of the molecule is CC(C)(C)OC(=O)CCOCC(COCCC(=O)OC(C)(C)C)(COCCC(=O)OC(C)(C)C)NC(=O)CCCCCCCCCCC(=O)O. The topological polar surface area (TPSA) is 173 Å². The van der Waals surface area contributed by atoms with Crippen LogP contribution in [0.5, 0.6) is 0 Å². The predicted molar refractivity (Wildman–Crippen MR) is 189 cm³/mol. The first-order valence-electron chi connectivity index (χ1n) is 18.0. The van der Waals surface area contributed by atoms with Gasteiger partial charge in [0.15, 0.2) is 0 Å². The molecule has 0 unspecified atom stereocenters. The summed E-state index contributed by atoms with van der Waals surface area (Å²) in [6.07, 6.45) is 7.58. The summed E-state index contributed by atoms with van der Waals surface area (Å²) < 4.78 is 33.8. The van der Waals surface area contributed by atoms with Crippen molar-refractivity contribution >= 4 is 29.8 Å². The summed E-state index contributed by atoms with van der Waals surface area (Å²) in [6, 6.07) is 0. The van der Waals surface area contributed by atoms with Gasteiger partial charge in [-0.15, -0.1) is 0 Å². The van der Waals surface area contributed by atoms with Gasteiger partial charge in [-0.2, -0.15) is 0 Å². The molecule has 13 heteroatoms. The number of hydrogen-bond acceptors (Lipinski definition) is 11. The van der Waals surface area contributed by atoms with Gasteiger partial charge in [0.1, 0.15) is 22.3 Å². The van der Waals surface area contributed by atoms with Crippen LogP contribution in [0.4, 0.5) is 0 Å². The molecule has 0 aromatic heterocycles. The summed E-state index contributed by atoms with van der Waals surface area (Å²) in [5, 5.41) is 11.8. The van der Waals surface area contributed by atoms with Gasteiger partial charge in [-0.3, -0.25) is 24.0 Å². The van der Waals surface area contributed by atoms with E-state index in [0.29, 0.717) is 12.8 Å². The number of unbranched alkanes of at least 4 members (excludes halogenated alkanes) is 7. The average Bonchev–Trinajstić information content (AvgIpc) is 2.94. The fourth-order valence-corrected chi connectivity index (χ4v) is 4.66. The first kappa shape index (κ1) is 47.2. The highest BCUT2D eigenvalue weighted by atomic mass is 16.6. The molecule has 0 saturated carbocycles. The van der Waals surface area contributed by atoms with E-state index in [-0.39, 0.29) is 77.7 Å². The summed E-state index contributed by atoms with van der Waals surface area (Å²) in [5.74, 6) is -2.26. The Bertz CT molecular complexity index is 919. The van der Waals surface area contributed by atoms with Gasteiger partial charge in [-0.1, -0.05) is 38.5 Å². The lowest BCUT2D eigenvalue weighted by atomic mass is 10.0. The van der Waals surface area contributed by atoms with Crippen LogP contribution in [0.2, 0.25) is 0 Å². The molecule has 0 aromatic rings. The number of carboxylic acids is 1. The molecule has 0 fully saturated rings. The van der Waals surface area contributed by atoms with Crippen LogP contribution in [0.3, 0.4) is 0 Å². The highest BCUT2D eigenvalue weighted by Gasteiger charge is 2.34. The molecule has 0 spiro atoms.